The zero-order valence-corrected chi connectivity index (χ0v) is 21.2. The molecule has 0 aliphatic carbocycles. The van der Waals surface area contributed by atoms with Gasteiger partial charge in [0.2, 0.25) is 0 Å². The molecule has 1 N–H and O–H groups in total. The molecule has 1 unspecified atom stereocenters. The van der Waals surface area contributed by atoms with Gasteiger partial charge < -0.3 is 19.5 Å². The first kappa shape index (κ1) is 38.1. The predicted molar refractivity (Wildman–Crippen MR) is 108 cm³/mol. The average molecular weight is 677 g/mol. The lowest BCUT2D eigenvalue weighted by Crippen LogP contribution is -2.61. The van der Waals surface area contributed by atoms with Crippen LogP contribution in [0.1, 0.15) is 19.4 Å². The number of hydrogen-bond donors (Lipinski definition) is 1. The topological polar surface area (TPSA) is 108 Å². The first-order valence-electron chi connectivity index (χ1n) is 10.9. The van der Waals surface area contributed by atoms with Crippen molar-refractivity contribution in [2.24, 2.45) is 0 Å². The van der Waals surface area contributed by atoms with Gasteiger partial charge in [-0.05, 0) is 31.5 Å². The van der Waals surface area contributed by atoms with E-state index in [2.05, 4.69) is 14.2 Å². The van der Waals surface area contributed by atoms with Gasteiger partial charge in [-0.1, -0.05) is 6.07 Å². The Bertz CT molecular complexity index is 1270. The summed E-state index contributed by atoms with van der Waals surface area (Å²) < 4.78 is 205. The van der Waals surface area contributed by atoms with Crippen LogP contribution in [0.5, 0.6) is 11.5 Å². The van der Waals surface area contributed by atoms with E-state index in [1.807, 2.05) is 0 Å². The van der Waals surface area contributed by atoms with Gasteiger partial charge in [-0.25, -0.2) is 14.4 Å². The monoisotopic (exact) mass is 677 g/mol. The molecule has 1 amide bonds. The first-order chi connectivity index (χ1) is 19.5. The van der Waals surface area contributed by atoms with Crippen LogP contribution < -0.4 is 14.8 Å². The van der Waals surface area contributed by atoms with E-state index in [9.17, 15) is 85.0 Å². The lowest BCUT2D eigenvalue weighted by molar-refractivity contribution is -0.277. The van der Waals surface area contributed by atoms with Crippen molar-refractivity contribution in [2.45, 2.75) is 62.1 Å². The molecule has 0 spiro atoms. The second-order valence-electron chi connectivity index (χ2n) is 8.46. The molecule has 0 radical (unpaired) electrons. The average Bonchev–Trinajstić information content (AvgIpc) is 2.83. The van der Waals surface area contributed by atoms with Gasteiger partial charge in [0.15, 0.2) is 11.5 Å². The molecule has 1 atom stereocenters. The maximum atomic E-state index is 13.5. The summed E-state index contributed by atoms with van der Waals surface area (Å²) in [5, 5.41) is 0.991. The summed E-state index contributed by atoms with van der Waals surface area (Å²) >= 11 is 0. The van der Waals surface area contributed by atoms with E-state index in [1.165, 1.54) is 0 Å². The zero-order valence-electron chi connectivity index (χ0n) is 21.2. The number of ether oxygens (including phenoxy) is 3. The van der Waals surface area contributed by atoms with Gasteiger partial charge >= 0.3 is 60.1 Å². The van der Waals surface area contributed by atoms with Crippen molar-refractivity contribution in [1.82, 2.24) is 5.32 Å². The molecule has 250 valence electrons. The van der Waals surface area contributed by atoms with Crippen LogP contribution in [-0.2, 0) is 30.3 Å². The molecule has 23 heteroatoms. The van der Waals surface area contributed by atoms with Gasteiger partial charge in [-0.3, -0.25) is 4.79 Å². The van der Waals surface area contributed by atoms with Gasteiger partial charge in [-0.2, -0.15) is 65.9 Å². The van der Waals surface area contributed by atoms with Crippen molar-refractivity contribution in [3.8, 4) is 11.5 Å². The molecular formula is C21H14F15NO7. The second-order valence-corrected chi connectivity index (χ2v) is 8.46. The Labute approximate surface area is 233 Å². The fourth-order valence-corrected chi connectivity index (χ4v) is 2.71. The Morgan fingerprint density at radius 1 is 0.636 bits per heavy atom. The minimum atomic E-state index is -6.70. The highest BCUT2D eigenvalue weighted by molar-refractivity contribution is 5.92. The summed E-state index contributed by atoms with van der Waals surface area (Å²) in [6.07, 6.45) is -21.3. The Kier molecular flexibility index (Phi) is 10.6. The number of nitrogens with one attached hydrogen (secondary N) is 1. The molecule has 0 aliphatic heterocycles. The van der Waals surface area contributed by atoms with Crippen molar-refractivity contribution in [2.75, 3.05) is 6.61 Å². The van der Waals surface area contributed by atoms with E-state index in [0.717, 1.165) is 12.2 Å². The molecule has 0 saturated carbocycles. The normalized spacial score (nSPS) is 14.8. The van der Waals surface area contributed by atoms with E-state index in [0.29, 0.717) is 13.0 Å². The number of carbonyl (C=O) groups excluding carboxylic acids is 4. The number of esters is 3. The number of halogens is 15. The minimum absolute atomic E-state index is 0.00570. The number of amides is 1. The van der Waals surface area contributed by atoms with Crippen LogP contribution >= 0.6 is 0 Å². The first-order valence-corrected chi connectivity index (χ1v) is 10.9. The van der Waals surface area contributed by atoms with Crippen molar-refractivity contribution >= 4 is 23.8 Å². The van der Waals surface area contributed by atoms with Crippen LogP contribution in [0, 0.1) is 0 Å². The fraction of sp³-hybridized carbons (Fsp3) is 0.524. The number of hydrogen-bond acceptors (Lipinski definition) is 7. The third kappa shape index (κ3) is 7.95. The van der Waals surface area contributed by atoms with E-state index >= 15 is 0 Å². The SMILES string of the molecule is CCOC(=O)C(C)(Cc1ccc(OC(=O)C(F)(F)C(F)(F)F)c(OC(=O)C(F)(F)C(F)(F)F)c1)NC(=O)C(F)(F)C(F)(F)F. The molecule has 1 rings (SSSR count). The molecule has 0 saturated heterocycles. The Hall–Kier alpha value is -3.95. The maximum Gasteiger partial charge on any atom is 0.465 e. The zero-order chi connectivity index (χ0) is 34.9. The van der Waals surface area contributed by atoms with Crippen molar-refractivity contribution in [3.05, 3.63) is 23.8 Å². The van der Waals surface area contributed by atoms with Crippen LogP contribution in [0.25, 0.3) is 0 Å². The van der Waals surface area contributed by atoms with Crippen molar-refractivity contribution in [3.63, 3.8) is 0 Å². The largest absolute Gasteiger partial charge is 0.465 e. The molecule has 0 aliphatic rings. The van der Waals surface area contributed by atoms with Gasteiger partial charge in [0.05, 0.1) is 6.61 Å². The highest BCUT2D eigenvalue weighted by atomic mass is 19.4. The van der Waals surface area contributed by atoms with E-state index in [1.54, 1.807) is 0 Å². The Morgan fingerprint density at radius 2 is 1.05 bits per heavy atom. The van der Waals surface area contributed by atoms with E-state index in [-0.39, 0.29) is 12.1 Å². The van der Waals surface area contributed by atoms with Gasteiger partial charge in [0.1, 0.15) is 5.54 Å². The van der Waals surface area contributed by atoms with Crippen LogP contribution in [0.2, 0.25) is 0 Å². The number of rotatable bonds is 10. The molecule has 0 aromatic heterocycles. The molecule has 8 nitrogen and oxygen atoms in total. The van der Waals surface area contributed by atoms with Crippen LogP contribution in [0.15, 0.2) is 18.2 Å². The van der Waals surface area contributed by atoms with Crippen LogP contribution in [0.3, 0.4) is 0 Å². The molecule has 0 fully saturated rings. The van der Waals surface area contributed by atoms with Gasteiger partial charge in [0, 0.05) is 6.42 Å². The summed E-state index contributed by atoms with van der Waals surface area (Å²) in [4.78, 5) is 47.0. The summed E-state index contributed by atoms with van der Waals surface area (Å²) in [6, 6.07) is 0.301. The third-order valence-electron chi connectivity index (χ3n) is 4.95. The fourth-order valence-electron chi connectivity index (χ4n) is 2.71. The smallest absolute Gasteiger partial charge is 0.464 e. The highest BCUT2D eigenvalue weighted by Gasteiger charge is 2.67. The molecule has 44 heavy (non-hydrogen) atoms. The van der Waals surface area contributed by atoms with Gasteiger partial charge in [-0.15, -0.1) is 0 Å². The second kappa shape index (κ2) is 12.2. The Balaban J connectivity index is 3.72. The summed E-state index contributed by atoms with van der Waals surface area (Å²) in [7, 11) is 0. The summed E-state index contributed by atoms with van der Waals surface area (Å²) in [5.41, 5.74) is -3.91. The molecule has 0 heterocycles. The molecule has 1 aromatic rings. The van der Waals surface area contributed by atoms with Crippen molar-refractivity contribution in [1.29, 1.82) is 0 Å². The quantitative estimate of drug-likeness (QED) is 0.210. The summed E-state index contributed by atoms with van der Waals surface area (Å²) in [6.45, 7) is 0.872. The number of alkyl halides is 15. The third-order valence-corrected chi connectivity index (χ3v) is 4.95. The lowest BCUT2D eigenvalue weighted by Gasteiger charge is -2.31. The number of carbonyl (C=O) groups is 4. The van der Waals surface area contributed by atoms with Crippen LogP contribution in [-0.4, -0.2) is 72.3 Å². The molecule has 0 bridgehead atoms. The van der Waals surface area contributed by atoms with Gasteiger partial charge in [0.25, 0.3) is 0 Å². The van der Waals surface area contributed by atoms with E-state index in [4.69, 9.17) is 0 Å². The van der Waals surface area contributed by atoms with Crippen molar-refractivity contribution < 1.29 is 99.2 Å². The standard InChI is InChI=1S/C21H14F15NO7/c1-3-42-12(39)15(2,37-11(38)16(22,23)19(28,29)30)7-8-4-5-9(43-13(40)17(24,25)20(31,32)33)10(6-8)44-14(41)18(26,27)21(34,35)36/h4-6H,3,7H2,1-2H3,(H,37,38). The van der Waals surface area contributed by atoms with E-state index < -0.39 is 95.7 Å². The molecule has 1 aromatic carbocycles. The predicted octanol–water partition coefficient (Wildman–Crippen LogP) is 5.07. The summed E-state index contributed by atoms with van der Waals surface area (Å²) in [5.74, 6) is -34.8. The highest BCUT2D eigenvalue weighted by Crippen LogP contribution is 2.41. The molecular weight excluding hydrogens is 663 g/mol. The van der Waals surface area contributed by atoms with Crippen LogP contribution in [0.4, 0.5) is 65.9 Å². The maximum absolute atomic E-state index is 13.5. The number of benzene rings is 1. The Morgan fingerprint density at radius 3 is 1.43 bits per heavy atom. The lowest BCUT2D eigenvalue weighted by atomic mass is 9.92. The minimum Gasteiger partial charge on any atom is -0.464 e.